The zero-order chi connectivity index (χ0) is 18.2. The number of carboxylic acid groups (broad SMARTS) is 1. The highest BCUT2D eigenvalue weighted by atomic mass is 19.4. The van der Waals surface area contributed by atoms with Gasteiger partial charge in [-0.25, -0.2) is 9.18 Å². The molecule has 0 fully saturated rings. The van der Waals surface area contributed by atoms with Crippen LogP contribution < -0.4 is 0 Å². The molecule has 0 aromatic heterocycles. The number of hydrogen-bond acceptors (Lipinski definition) is 2. The van der Waals surface area contributed by atoms with Crippen LogP contribution in [0.1, 0.15) is 0 Å². The molecule has 14 heteroatoms. The van der Waals surface area contributed by atoms with Crippen molar-refractivity contribution in [2.45, 2.75) is 29.8 Å². The quantitative estimate of drug-likeness (QED) is 0.678. The average molecular weight is 358 g/mol. The molecule has 1 N–H and O–H groups in total. The molecule has 132 valence electrons. The number of rotatable bonds is 8. The summed E-state index contributed by atoms with van der Waals surface area (Å²) < 4.78 is 141. The van der Waals surface area contributed by atoms with Gasteiger partial charge in [-0.2, -0.15) is 43.9 Å². The van der Waals surface area contributed by atoms with Crippen LogP contribution in [0.4, 0.5) is 48.3 Å². The molecule has 0 aliphatic rings. The molecule has 0 aliphatic carbocycles. The van der Waals surface area contributed by atoms with E-state index in [9.17, 15) is 53.1 Å². The first-order valence-electron chi connectivity index (χ1n) is 4.78. The van der Waals surface area contributed by atoms with E-state index in [1.165, 1.54) is 0 Å². The lowest BCUT2D eigenvalue weighted by atomic mass is 9.98. The van der Waals surface area contributed by atoms with Crippen LogP contribution in [0.2, 0.25) is 0 Å². The highest BCUT2D eigenvalue weighted by Crippen LogP contribution is 2.57. The lowest BCUT2D eigenvalue weighted by Crippen LogP contribution is -2.68. The SMILES string of the molecule is O=C(O)COC(F)(F)C(F)(F)C(F)(F)C(F)(F)C(F)(F)CF. The van der Waals surface area contributed by atoms with Crippen molar-refractivity contribution in [1.82, 2.24) is 0 Å². The topological polar surface area (TPSA) is 46.5 Å². The van der Waals surface area contributed by atoms with Crippen LogP contribution in [0.3, 0.4) is 0 Å². The Hall–Kier alpha value is -1.34. The molecule has 3 nitrogen and oxygen atoms in total. The van der Waals surface area contributed by atoms with E-state index in [-0.39, 0.29) is 0 Å². The van der Waals surface area contributed by atoms with Gasteiger partial charge in [-0.1, -0.05) is 0 Å². The van der Waals surface area contributed by atoms with Crippen molar-refractivity contribution >= 4 is 5.97 Å². The third-order valence-corrected chi connectivity index (χ3v) is 2.16. The van der Waals surface area contributed by atoms with E-state index in [4.69, 9.17) is 5.11 Å². The summed E-state index contributed by atoms with van der Waals surface area (Å²) in [5.41, 5.74) is 0. The molecule has 22 heavy (non-hydrogen) atoms. The molecule has 0 radical (unpaired) electrons. The number of carboxylic acids is 1. The Balaban J connectivity index is 5.79. The van der Waals surface area contributed by atoms with E-state index in [0.29, 0.717) is 0 Å². The minimum atomic E-state index is -7.47. The maximum atomic E-state index is 12.8. The van der Waals surface area contributed by atoms with Crippen LogP contribution in [0.15, 0.2) is 0 Å². The molecular weight excluding hydrogens is 353 g/mol. The number of alkyl halides is 11. The van der Waals surface area contributed by atoms with E-state index >= 15 is 0 Å². The molecule has 0 atom stereocenters. The van der Waals surface area contributed by atoms with Crippen molar-refractivity contribution in [3.63, 3.8) is 0 Å². The number of halogens is 11. The van der Waals surface area contributed by atoms with Gasteiger partial charge in [0.1, 0.15) is 0 Å². The van der Waals surface area contributed by atoms with E-state index in [1.54, 1.807) is 0 Å². The predicted octanol–water partition coefficient (Wildman–Crippen LogP) is 3.19. The summed E-state index contributed by atoms with van der Waals surface area (Å²) in [6.07, 6.45) is -6.56. The summed E-state index contributed by atoms with van der Waals surface area (Å²) in [5.74, 6) is -30.8. The first-order valence-corrected chi connectivity index (χ1v) is 4.78. The molecule has 0 amide bonds. The molecule has 0 aromatic carbocycles. The van der Waals surface area contributed by atoms with Crippen molar-refractivity contribution < 1.29 is 62.9 Å². The van der Waals surface area contributed by atoms with E-state index < -0.39 is 49.0 Å². The van der Waals surface area contributed by atoms with Crippen molar-refractivity contribution in [3.05, 3.63) is 0 Å². The highest BCUT2D eigenvalue weighted by molar-refractivity contribution is 5.68. The van der Waals surface area contributed by atoms with Crippen molar-refractivity contribution in [1.29, 1.82) is 0 Å². The molecule has 0 unspecified atom stereocenters. The fourth-order valence-electron chi connectivity index (χ4n) is 0.937. The first-order chi connectivity index (χ1) is 9.48. The van der Waals surface area contributed by atoms with Crippen LogP contribution in [0, 0.1) is 0 Å². The molecule has 0 bridgehead atoms. The van der Waals surface area contributed by atoms with Crippen molar-refractivity contribution in [2.75, 3.05) is 13.3 Å². The summed E-state index contributed by atoms with van der Waals surface area (Å²) in [6, 6.07) is 0. The van der Waals surface area contributed by atoms with Crippen LogP contribution in [-0.4, -0.2) is 54.2 Å². The lowest BCUT2D eigenvalue weighted by Gasteiger charge is -2.38. The van der Waals surface area contributed by atoms with Gasteiger partial charge in [0.2, 0.25) is 0 Å². The van der Waals surface area contributed by atoms with Gasteiger partial charge in [-0.3, -0.25) is 0 Å². The van der Waals surface area contributed by atoms with Gasteiger partial charge in [0.25, 0.3) is 0 Å². The Morgan fingerprint density at radius 2 is 1.23 bits per heavy atom. The maximum absolute atomic E-state index is 12.8. The van der Waals surface area contributed by atoms with Crippen molar-refractivity contribution in [3.8, 4) is 0 Å². The Bertz CT molecular complexity index is 420. The minimum absolute atomic E-state index is 2.33. The molecule has 0 spiro atoms. The van der Waals surface area contributed by atoms with Gasteiger partial charge in [-0.05, 0) is 0 Å². The standard InChI is InChI=1S/C8H5F11O3/c9-2-4(10,11)5(12,13)6(14,15)7(16,17)8(18,19)22-1-3(20)21/h1-2H2,(H,20,21). The fourth-order valence-corrected chi connectivity index (χ4v) is 0.937. The number of aliphatic carboxylic acids is 1. The van der Waals surface area contributed by atoms with Gasteiger partial charge >= 0.3 is 35.8 Å². The van der Waals surface area contributed by atoms with Gasteiger partial charge in [0, 0.05) is 0 Å². The third kappa shape index (κ3) is 3.05. The molecule has 0 saturated carbocycles. The molecular formula is C8H5F11O3. The zero-order valence-corrected chi connectivity index (χ0v) is 9.84. The first kappa shape index (κ1) is 20.7. The maximum Gasteiger partial charge on any atom is 0.426 e. The number of ether oxygens (including phenoxy) is 1. The van der Waals surface area contributed by atoms with Crippen LogP contribution in [0.25, 0.3) is 0 Å². The summed E-state index contributed by atoms with van der Waals surface area (Å²) in [4.78, 5) is 9.82. The zero-order valence-electron chi connectivity index (χ0n) is 9.84. The summed E-state index contributed by atoms with van der Waals surface area (Å²) in [5, 5.41) is 7.86. The van der Waals surface area contributed by atoms with Crippen LogP contribution in [0.5, 0.6) is 0 Å². The van der Waals surface area contributed by atoms with E-state index in [2.05, 4.69) is 4.74 Å². The smallest absolute Gasteiger partial charge is 0.426 e. The Morgan fingerprint density at radius 3 is 1.55 bits per heavy atom. The summed E-state index contributed by atoms with van der Waals surface area (Å²) in [7, 11) is 0. The van der Waals surface area contributed by atoms with Crippen molar-refractivity contribution in [2.24, 2.45) is 0 Å². The lowest BCUT2D eigenvalue weighted by molar-refractivity contribution is -0.444. The predicted molar refractivity (Wildman–Crippen MR) is 44.3 cm³/mol. The Kier molecular flexibility index (Phi) is 5.35. The minimum Gasteiger partial charge on any atom is -0.480 e. The summed E-state index contributed by atoms with van der Waals surface area (Å²) >= 11 is 0. The van der Waals surface area contributed by atoms with Gasteiger partial charge in [0.15, 0.2) is 13.3 Å². The largest absolute Gasteiger partial charge is 0.480 e. The summed E-state index contributed by atoms with van der Waals surface area (Å²) in [6.45, 7) is -5.88. The molecule has 0 rings (SSSR count). The Morgan fingerprint density at radius 1 is 0.818 bits per heavy atom. The van der Waals surface area contributed by atoms with E-state index in [0.717, 1.165) is 0 Å². The number of carbonyl (C=O) groups is 1. The Labute approximate surface area is 113 Å². The second-order valence-corrected chi connectivity index (χ2v) is 3.76. The number of hydrogen-bond donors (Lipinski definition) is 1. The highest BCUT2D eigenvalue weighted by Gasteiger charge is 2.87. The average Bonchev–Trinajstić information content (AvgIpc) is 2.35. The molecule has 0 heterocycles. The van der Waals surface area contributed by atoms with E-state index in [1.807, 2.05) is 0 Å². The normalized spacial score (nSPS) is 15.0. The van der Waals surface area contributed by atoms with Crippen LogP contribution >= 0.6 is 0 Å². The molecule has 0 saturated heterocycles. The second kappa shape index (κ2) is 5.70. The van der Waals surface area contributed by atoms with Gasteiger partial charge < -0.3 is 9.84 Å². The fraction of sp³-hybridized carbons (Fsp3) is 0.875. The van der Waals surface area contributed by atoms with Gasteiger partial charge in [-0.15, -0.1) is 0 Å². The monoisotopic (exact) mass is 358 g/mol. The second-order valence-electron chi connectivity index (χ2n) is 3.76. The van der Waals surface area contributed by atoms with Crippen LogP contribution in [-0.2, 0) is 9.53 Å². The molecule has 0 aliphatic heterocycles. The van der Waals surface area contributed by atoms with Gasteiger partial charge in [0.05, 0.1) is 0 Å². The molecule has 0 aromatic rings. The third-order valence-electron chi connectivity index (χ3n) is 2.16.